The van der Waals surface area contributed by atoms with Crippen LogP contribution in [-0.2, 0) is 6.54 Å². The molecule has 2 aliphatic heterocycles. The van der Waals surface area contributed by atoms with Gasteiger partial charge < -0.3 is 10.1 Å². The van der Waals surface area contributed by atoms with Gasteiger partial charge in [-0.05, 0) is 56.3 Å². The number of hydrogen-bond donors (Lipinski definition) is 2. The van der Waals surface area contributed by atoms with Gasteiger partial charge in [-0.15, -0.1) is 0 Å². The first kappa shape index (κ1) is 16.8. The second-order valence-electron chi connectivity index (χ2n) is 7.45. The van der Waals surface area contributed by atoms with E-state index in [4.69, 9.17) is 0 Å². The van der Waals surface area contributed by atoms with Gasteiger partial charge in [-0.25, -0.2) is 0 Å². The zero-order chi connectivity index (χ0) is 17.2. The number of nitrogens with one attached hydrogen (secondary N) is 1. The summed E-state index contributed by atoms with van der Waals surface area (Å²) < 4.78 is 0. The molecule has 5 nitrogen and oxygen atoms in total. The number of nitrogens with zero attached hydrogens (tertiary/aromatic N) is 2. The summed E-state index contributed by atoms with van der Waals surface area (Å²) in [6, 6.07) is 10.8. The number of para-hydroxylation sites is 1. The maximum absolute atomic E-state index is 12.4. The van der Waals surface area contributed by atoms with E-state index in [0.29, 0.717) is 18.6 Å². The van der Waals surface area contributed by atoms with E-state index >= 15 is 0 Å². The minimum absolute atomic E-state index is 0.0266. The summed E-state index contributed by atoms with van der Waals surface area (Å²) in [6.45, 7) is 4.12. The molecule has 4 rings (SSSR count). The Morgan fingerprint density at radius 1 is 1.08 bits per heavy atom. The van der Waals surface area contributed by atoms with E-state index in [9.17, 15) is 9.90 Å². The van der Waals surface area contributed by atoms with Crippen LogP contribution in [0.15, 0.2) is 35.1 Å². The molecule has 0 radical (unpaired) electrons. The summed E-state index contributed by atoms with van der Waals surface area (Å²) in [4.78, 5) is 20.3. The average Bonchev–Trinajstić information content (AvgIpc) is 3.25. The molecular weight excluding hydrogens is 314 g/mol. The zero-order valence-corrected chi connectivity index (χ0v) is 14.7. The Kier molecular flexibility index (Phi) is 4.88. The van der Waals surface area contributed by atoms with E-state index in [1.54, 1.807) is 0 Å². The summed E-state index contributed by atoms with van der Waals surface area (Å²) in [5.41, 5.74) is 1.78. The third-order valence-electron chi connectivity index (χ3n) is 5.86. The minimum Gasteiger partial charge on any atom is -0.395 e. The highest BCUT2D eigenvalue weighted by Gasteiger charge is 2.31. The number of H-pyrrole nitrogens is 1. The maximum atomic E-state index is 12.4. The lowest BCUT2D eigenvalue weighted by Crippen LogP contribution is -2.43. The van der Waals surface area contributed by atoms with Gasteiger partial charge in [0, 0.05) is 36.3 Å². The van der Waals surface area contributed by atoms with Crippen molar-refractivity contribution in [2.45, 2.75) is 44.3 Å². The van der Waals surface area contributed by atoms with Crippen LogP contribution in [0.5, 0.6) is 0 Å². The van der Waals surface area contributed by atoms with E-state index < -0.39 is 0 Å². The molecule has 0 aliphatic carbocycles. The molecule has 0 saturated carbocycles. The Hall–Kier alpha value is -1.69. The molecule has 2 aliphatic rings. The van der Waals surface area contributed by atoms with Crippen LogP contribution in [-0.4, -0.2) is 58.2 Å². The van der Waals surface area contributed by atoms with Crippen molar-refractivity contribution in [3.8, 4) is 0 Å². The summed E-state index contributed by atoms with van der Waals surface area (Å²) in [6.07, 6.45) is 4.66. The van der Waals surface area contributed by atoms with Crippen molar-refractivity contribution in [3.05, 3.63) is 46.2 Å². The van der Waals surface area contributed by atoms with Gasteiger partial charge in [-0.3, -0.25) is 14.6 Å². The number of likely N-dealkylation sites (tertiary alicyclic amines) is 2. The van der Waals surface area contributed by atoms with Gasteiger partial charge in [0.2, 0.25) is 0 Å². The fourth-order valence-corrected chi connectivity index (χ4v) is 4.45. The van der Waals surface area contributed by atoms with Crippen molar-refractivity contribution < 1.29 is 5.11 Å². The molecule has 2 fully saturated rings. The van der Waals surface area contributed by atoms with Crippen molar-refractivity contribution >= 4 is 10.9 Å². The summed E-state index contributed by atoms with van der Waals surface area (Å²) >= 11 is 0. The summed E-state index contributed by atoms with van der Waals surface area (Å²) in [5.74, 6) is 0. The van der Waals surface area contributed by atoms with Crippen LogP contribution in [0.2, 0.25) is 0 Å². The Morgan fingerprint density at radius 3 is 2.68 bits per heavy atom. The Balaban J connectivity index is 1.49. The maximum Gasteiger partial charge on any atom is 0.252 e. The van der Waals surface area contributed by atoms with E-state index in [1.807, 2.05) is 30.3 Å². The lowest BCUT2D eigenvalue weighted by molar-refractivity contribution is 0.120. The van der Waals surface area contributed by atoms with Gasteiger partial charge in [0.05, 0.1) is 6.61 Å². The highest BCUT2D eigenvalue weighted by Crippen LogP contribution is 2.24. The van der Waals surface area contributed by atoms with Crippen molar-refractivity contribution in [1.82, 2.24) is 14.8 Å². The van der Waals surface area contributed by atoms with Crippen LogP contribution in [0.3, 0.4) is 0 Å². The third-order valence-corrected chi connectivity index (χ3v) is 5.86. The van der Waals surface area contributed by atoms with Crippen LogP contribution in [0.25, 0.3) is 10.9 Å². The largest absolute Gasteiger partial charge is 0.395 e. The zero-order valence-electron chi connectivity index (χ0n) is 14.7. The molecule has 2 aromatic rings. The van der Waals surface area contributed by atoms with Crippen LogP contribution in [0.1, 0.15) is 31.2 Å². The van der Waals surface area contributed by atoms with Crippen molar-refractivity contribution in [1.29, 1.82) is 0 Å². The lowest BCUT2D eigenvalue weighted by Gasteiger charge is -2.31. The van der Waals surface area contributed by atoms with E-state index in [2.05, 4.69) is 14.8 Å². The predicted molar refractivity (Wildman–Crippen MR) is 99.7 cm³/mol. The summed E-state index contributed by atoms with van der Waals surface area (Å²) in [7, 11) is 0. The Morgan fingerprint density at radius 2 is 1.84 bits per heavy atom. The molecule has 1 aromatic carbocycles. The van der Waals surface area contributed by atoms with Gasteiger partial charge in [-0.2, -0.15) is 0 Å². The first-order chi connectivity index (χ1) is 12.2. The fraction of sp³-hybridized carbons (Fsp3) is 0.550. The predicted octanol–water partition coefficient (Wildman–Crippen LogP) is 1.95. The number of pyridine rings is 1. The number of aliphatic hydroxyl groups excluding tert-OH is 1. The Bertz CT molecular complexity index is 788. The normalized spacial score (nSPS) is 25.2. The molecule has 0 bridgehead atoms. The monoisotopic (exact) mass is 341 g/mol. The molecule has 3 heterocycles. The number of aliphatic hydroxyl groups is 1. The molecule has 1 aromatic heterocycles. The number of aromatic nitrogens is 1. The van der Waals surface area contributed by atoms with Crippen LogP contribution < -0.4 is 5.56 Å². The number of rotatable bonds is 5. The fourth-order valence-electron chi connectivity index (χ4n) is 4.45. The van der Waals surface area contributed by atoms with Gasteiger partial charge >= 0.3 is 0 Å². The van der Waals surface area contributed by atoms with Crippen LogP contribution >= 0.6 is 0 Å². The van der Waals surface area contributed by atoms with Crippen molar-refractivity contribution in [3.63, 3.8) is 0 Å². The third kappa shape index (κ3) is 3.50. The van der Waals surface area contributed by atoms with Gasteiger partial charge in [0.15, 0.2) is 0 Å². The second kappa shape index (κ2) is 7.28. The molecule has 0 amide bonds. The van der Waals surface area contributed by atoms with Crippen molar-refractivity contribution in [2.24, 2.45) is 0 Å². The Labute approximate surface area is 148 Å². The SMILES string of the molecule is O=c1[nH]c2ccccc2cc1CN1CCCC1CN1CCCC1CO. The van der Waals surface area contributed by atoms with E-state index in [-0.39, 0.29) is 12.2 Å². The molecule has 2 atom stereocenters. The van der Waals surface area contributed by atoms with Gasteiger partial charge in [0.1, 0.15) is 0 Å². The number of benzene rings is 1. The lowest BCUT2D eigenvalue weighted by atomic mass is 10.1. The topological polar surface area (TPSA) is 59.6 Å². The number of hydrogen-bond acceptors (Lipinski definition) is 4. The molecule has 5 heteroatoms. The molecule has 2 N–H and O–H groups in total. The molecule has 134 valence electrons. The second-order valence-corrected chi connectivity index (χ2v) is 7.45. The highest BCUT2D eigenvalue weighted by atomic mass is 16.3. The standard InChI is InChI=1S/C20H27N3O2/c24-14-18-7-4-10-23(18)13-17-6-3-9-22(17)12-16-11-15-5-1-2-8-19(15)21-20(16)25/h1-2,5,8,11,17-18,24H,3-4,6-7,9-10,12-14H2,(H,21,25). The van der Waals surface area contributed by atoms with E-state index in [0.717, 1.165) is 42.5 Å². The van der Waals surface area contributed by atoms with Crippen molar-refractivity contribution in [2.75, 3.05) is 26.2 Å². The number of fused-ring (bicyclic) bond motifs is 1. The molecule has 0 spiro atoms. The molecule has 25 heavy (non-hydrogen) atoms. The quantitative estimate of drug-likeness (QED) is 0.873. The molecule has 2 saturated heterocycles. The summed E-state index contributed by atoms with van der Waals surface area (Å²) in [5, 5.41) is 10.6. The first-order valence-corrected chi connectivity index (χ1v) is 9.44. The van der Waals surface area contributed by atoms with Gasteiger partial charge in [-0.1, -0.05) is 18.2 Å². The average molecular weight is 341 g/mol. The smallest absolute Gasteiger partial charge is 0.252 e. The molecule has 2 unspecified atom stereocenters. The van der Waals surface area contributed by atoms with Crippen LogP contribution in [0, 0.1) is 0 Å². The molecular formula is C20H27N3O2. The first-order valence-electron chi connectivity index (χ1n) is 9.44. The highest BCUT2D eigenvalue weighted by molar-refractivity contribution is 5.78. The van der Waals surface area contributed by atoms with E-state index in [1.165, 1.54) is 19.3 Å². The van der Waals surface area contributed by atoms with Crippen LogP contribution in [0.4, 0.5) is 0 Å². The van der Waals surface area contributed by atoms with Gasteiger partial charge in [0.25, 0.3) is 5.56 Å². The minimum atomic E-state index is 0.0266. The number of aromatic amines is 1.